The molecule has 21 heavy (non-hydrogen) atoms. The minimum Gasteiger partial charge on any atom is -0.468 e. The molecule has 0 heterocycles. The van der Waals surface area contributed by atoms with Gasteiger partial charge in [-0.3, -0.25) is 4.79 Å². The van der Waals surface area contributed by atoms with Gasteiger partial charge in [-0.2, -0.15) is 0 Å². The van der Waals surface area contributed by atoms with Crippen molar-refractivity contribution in [3.8, 4) is 0 Å². The van der Waals surface area contributed by atoms with Crippen LogP contribution in [0.5, 0.6) is 0 Å². The van der Waals surface area contributed by atoms with E-state index in [1.165, 1.54) is 18.4 Å². The minimum absolute atomic E-state index is 0.200. The highest BCUT2D eigenvalue weighted by molar-refractivity contribution is 5.80. The summed E-state index contributed by atoms with van der Waals surface area (Å²) in [7, 11) is 3.50. The number of carbonyl (C=O) groups excluding carboxylic acids is 1. The Morgan fingerprint density at radius 3 is 2.62 bits per heavy atom. The largest absolute Gasteiger partial charge is 0.468 e. The normalized spacial score (nSPS) is 13.6. The van der Waals surface area contributed by atoms with Crippen molar-refractivity contribution < 1.29 is 9.53 Å². The van der Waals surface area contributed by atoms with Gasteiger partial charge in [-0.1, -0.05) is 25.1 Å². The van der Waals surface area contributed by atoms with E-state index in [0.717, 1.165) is 19.5 Å². The summed E-state index contributed by atoms with van der Waals surface area (Å²) >= 11 is 0. The Kier molecular flexibility index (Phi) is 6.69. The lowest BCUT2D eigenvalue weighted by Crippen LogP contribution is -2.52. The number of methoxy groups -OCH3 is 1. The van der Waals surface area contributed by atoms with Crippen LogP contribution in [0.4, 0.5) is 5.69 Å². The number of aryl methyl sites for hydroxylation is 1. The second-order valence-electron chi connectivity index (χ2n) is 5.71. The van der Waals surface area contributed by atoms with Gasteiger partial charge in [0.2, 0.25) is 0 Å². The summed E-state index contributed by atoms with van der Waals surface area (Å²) < 4.78 is 4.95. The number of rotatable bonds is 8. The molecule has 0 aliphatic carbocycles. The third-order valence-electron chi connectivity index (χ3n) is 3.87. The van der Waals surface area contributed by atoms with Gasteiger partial charge < -0.3 is 15.0 Å². The van der Waals surface area contributed by atoms with Crippen molar-refractivity contribution in [1.82, 2.24) is 5.32 Å². The van der Waals surface area contributed by atoms with Crippen LogP contribution in [-0.4, -0.2) is 38.8 Å². The Labute approximate surface area is 128 Å². The average Bonchev–Trinajstić information content (AvgIpc) is 2.50. The summed E-state index contributed by atoms with van der Waals surface area (Å²) in [5.41, 5.74) is 1.79. The predicted molar refractivity (Wildman–Crippen MR) is 87.8 cm³/mol. The van der Waals surface area contributed by atoms with Crippen molar-refractivity contribution in [2.45, 2.75) is 39.2 Å². The smallest absolute Gasteiger partial charge is 0.325 e. The number of benzene rings is 1. The first-order valence-electron chi connectivity index (χ1n) is 7.55. The number of carbonyl (C=O) groups is 1. The van der Waals surface area contributed by atoms with Crippen molar-refractivity contribution >= 4 is 11.7 Å². The van der Waals surface area contributed by atoms with E-state index in [-0.39, 0.29) is 5.97 Å². The van der Waals surface area contributed by atoms with Gasteiger partial charge in [-0.25, -0.2) is 0 Å². The van der Waals surface area contributed by atoms with Crippen LogP contribution < -0.4 is 10.2 Å². The second-order valence-corrected chi connectivity index (χ2v) is 5.71. The predicted octanol–water partition coefficient (Wildman–Crippen LogP) is 2.75. The summed E-state index contributed by atoms with van der Waals surface area (Å²) in [6.07, 6.45) is 1.69. The van der Waals surface area contributed by atoms with Gasteiger partial charge in [0.05, 0.1) is 7.11 Å². The Morgan fingerprint density at radius 2 is 2.05 bits per heavy atom. The van der Waals surface area contributed by atoms with E-state index >= 15 is 0 Å². The van der Waals surface area contributed by atoms with Crippen LogP contribution >= 0.6 is 0 Å². The molecule has 0 aliphatic heterocycles. The number of para-hydroxylation sites is 1. The van der Waals surface area contributed by atoms with E-state index in [9.17, 15) is 4.79 Å². The molecule has 0 bridgehead atoms. The van der Waals surface area contributed by atoms with Gasteiger partial charge in [0, 0.05) is 19.3 Å². The summed E-state index contributed by atoms with van der Waals surface area (Å²) in [4.78, 5) is 14.2. The first kappa shape index (κ1) is 17.5. The van der Waals surface area contributed by atoms with Crippen molar-refractivity contribution in [3.63, 3.8) is 0 Å². The van der Waals surface area contributed by atoms with E-state index in [0.29, 0.717) is 6.42 Å². The fraction of sp³-hybridized carbons (Fsp3) is 0.588. The van der Waals surface area contributed by atoms with Gasteiger partial charge >= 0.3 is 5.97 Å². The molecule has 1 atom stereocenters. The maximum atomic E-state index is 12.1. The van der Waals surface area contributed by atoms with Crippen LogP contribution in [0.15, 0.2) is 24.3 Å². The monoisotopic (exact) mass is 292 g/mol. The van der Waals surface area contributed by atoms with Gasteiger partial charge in [-0.05, 0) is 44.9 Å². The molecule has 1 rings (SSSR count). The Balaban J connectivity index is 2.72. The van der Waals surface area contributed by atoms with E-state index < -0.39 is 5.54 Å². The number of ether oxygens (including phenoxy) is 1. The Bertz CT molecular complexity index is 462. The summed E-state index contributed by atoms with van der Waals surface area (Å²) in [6.45, 7) is 7.69. The second kappa shape index (κ2) is 8.03. The van der Waals surface area contributed by atoms with E-state index in [4.69, 9.17) is 4.74 Å². The Morgan fingerprint density at radius 1 is 1.38 bits per heavy atom. The summed E-state index contributed by atoms with van der Waals surface area (Å²) in [6, 6.07) is 8.27. The van der Waals surface area contributed by atoms with E-state index in [1.54, 1.807) is 0 Å². The zero-order valence-electron chi connectivity index (χ0n) is 13.9. The molecular formula is C17H28N2O2. The van der Waals surface area contributed by atoms with Crippen molar-refractivity contribution in [2.24, 2.45) is 0 Å². The quantitative estimate of drug-likeness (QED) is 0.748. The molecule has 4 heteroatoms. The maximum Gasteiger partial charge on any atom is 0.325 e. The highest BCUT2D eigenvalue weighted by Crippen LogP contribution is 2.20. The molecule has 118 valence electrons. The number of hydrogen-bond donors (Lipinski definition) is 1. The standard InChI is InChI=1S/C17H28N2O2/c1-6-12-18-17(3,16(20)21-5)11-13-19(4)15-10-8-7-9-14(15)2/h7-10,18H,6,11-13H2,1-5H3. The fourth-order valence-corrected chi connectivity index (χ4v) is 2.39. The molecule has 0 radical (unpaired) electrons. The average molecular weight is 292 g/mol. The van der Waals surface area contributed by atoms with Gasteiger partial charge in [-0.15, -0.1) is 0 Å². The van der Waals surface area contributed by atoms with Gasteiger partial charge in [0.15, 0.2) is 0 Å². The van der Waals surface area contributed by atoms with Crippen molar-refractivity contribution in [3.05, 3.63) is 29.8 Å². The number of nitrogens with zero attached hydrogens (tertiary/aromatic N) is 1. The number of nitrogens with one attached hydrogen (secondary N) is 1. The highest BCUT2D eigenvalue weighted by atomic mass is 16.5. The summed E-state index contributed by atoms with van der Waals surface area (Å²) in [5.74, 6) is -0.200. The van der Waals surface area contributed by atoms with E-state index in [2.05, 4.69) is 43.2 Å². The number of esters is 1. The zero-order chi connectivity index (χ0) is 15.9. The van der Waals surface area contributed by atoms with Crippen LogP contribution in [0.1, 0.15) is 32.3 Å². The molecule has 0 spiro atoms. The SMILES string of the molecule is CCCNC(C)(CCN(C)c1ccccc1C)C(=O)OC. The van der Waals surface area contributed by atoms with Crippen LogP contribution in [0, 0.1) is 6.92 Å². The first-order chi connectivity index (χ1) is 9.94. The van der Waals surface area contributed by atoms with Crippen LogP contribution in [-0.2, 0) is 9.53 Å². The first-order valence-corrected chi connectivity index (χ1v) is 7.55. The molecule has 1 N–H and O–H groups in total. The lowest BCUT2D eigenvalue weighted by molar-refractivity contribution is -0.148. The third-order valence-corrected chi connectivity index (χ3v) is 3.87. The number of hydrogen-bond acceptors (Lipinski definition) is 4. The molecule has 1 unspecified atom stereocenters. The topological polar surface area (TPSA) is 41.6 Å². The molecule has 1 aromatic rings. The summed E-state index contributed by atoms with van der Waals surface area (Å²) in [5, 5.41) is 3.32. The van der Waals surface area contributed by atoms with Crippen molar-refractivity contribution in [2.75, 3.05) is 32.1 Å². The Hall–Kier alpha value is -1.55. The minimum atomic E-state index is -0.637. The lowest BCUT2D eigenvalue weighted by atomic mass is 9.97. The van der Waals surface area contributed by atoms with Gasteiger partial charge in [0.25, 0.3) is 0 Å². The fourth-order valence-electron chi connectivity index (χ4n) is 2.39. The molecule has 0 aromatic heterocycles. The maximum absolute atomic E-state index is 12.1. The van der Waals surface area contributed by atoms with Gasteiger partial charge in [0.1, 0.15) is 5.54 Å². The van der Waals surface area contributed by atoms with Crippen LogP contribution in [0.3, 0.4) is 0 Å². The lowest BCUT2D eigenvalue weighted by Gasteiger charge is -2.31. The van der Waals surface area contributed by atoms with E-state index in [1.807, 2.05) is 19.1 Å². The highest BCUT2D eigenvalue weighted by Gasteiger charge is 2.33. The van der Waals surface area contributed by atoms with Crippen LogP contribution in [0.2, 0.25) is 0 Å². The van der Waals surface area contributed by atoms with Crippen molar-refractivity contribution in [1.29, 1.82) is 0 Å². The zero-order valence-corrected chi connectivity index (χ0v) is 13.9. The molecule has 4 nitrogen and oxygen atoms in total. The molecule has 0 fully saturated rings. The molecule has 0 amide bonds. The molecule has 0 saturated heterocycles. The number of anilines is 1. The molecule has 0 saturated carbocycles. The van der Waals surface area contributed by atoms with Crippen LogP contribution in [0.25, 0.3) is 0 Å². The molecular weight excluding hydrogens is 264 g/mol. The third kappa shape index (κ3) is 4.74. The molecule has 1 aromatic carbocycles. The molecule has 0 aliphatic rings.